The van der Waals surface area contributed by atoms with Crippen molar-refractivity contribution < 1.29 is 9.59 Å². The number of guanidine groups is 1. The average molecular weight is 416 g/mol. The Morgan fingerprint density at radius 1 is 1.10 bits per heavy atom. The molecule has 1 fully saturated rings. The zero-order chi connectivity index (χ0) is 21.6. The van der Waals surface area contributed by atoms with E-state index in [4.69, 9.17) is 0 Å². The summed E-state index contributed by atoms with van der Waals surface area (Å²) in [7, 11) is 0. The minimum atomic E-state index is 0.0452. The number of benzene rings is 1. The van der Waals surface area contributed by atoms with Gasteiger partial charge in [-0.3, -0.25) is 9.59 Å². The first-order valence-electron chi connectivity index (χ1n) is 11.3. The number of aliphatic imine (C=N–C) groups is 1. The van der Waals surface area contributed by atoms with E-state index in [0.717, 1.165) is 75.5 Å². The highest BCUT2D eigenvalue weighted by molar-refractivity contribution is 5.90. The number of carbonyl (C=O) groups excluding carboxylic acids is 2. The summed E-state index contributed by atoms with van der Waals surface area (Å²) in [4.78, 5) is 30.4. The standard InChI is InChI=1S/C23H37N5O2/c1-3-9-21(29)27-20-13-11-19(12-14-20)18-26-23(24-4-2)25-15-8-17-28-16-7-5-6-10-22(28)30/h11-14H,3-10,15-18H2,1-2H3,(H,27,29)(H2,24,25,26). The van der Waals surface area contributed by atoms with Crippen LogP contribution in [0.25, 0.3) is 0 Å². The molecule has 0 aromatic heterocycles. The number of rotatable bonds is 10. The molecule has 0 saturated carbocycles. The van der Waals surface area contributed by atoms with Crippen molar-refractivity contribution in [1.82, 2.24) is 15.5 Å². The Labute approximate surface area is 180 Å². The molecular weight excluding hydrogens is 378 g/mol. The van der Waals surface area contributed by atoms with Crippen molar-refractivity contribution in [2.45, 2.75) is 65.3 Å². The van der Waals surface area contributed by atoms with Gasteiger partial charge in [-0.15, -0.1) is 0 Å². The van der Waals surface area contributed by atoms with Gasteiger partial charge in [-0.2, -0.15) is 0 Å². The van der Waals surface area contributed by atoms with E-state index in [1.807, 2.05) is 43.0 Å². The van der Waals surface area contributed by atoms with E-state index >= 15 is 0 Å². The number of carbonyl (C=O) groups is 2. The van der Waals surface area contributed by atoms with Crippen molar-refractivity contribution >= 4 is 23.5 Å². The molecule has 0 atom stereocenters. The number of nitrogens with one attached hydrogen (secondary N) is 3. The Morgan fingerprint density at radius 2 is 1.90 bits per heavy atom. The lowest BCUT2D eigenvalue weighted by Crippen LogP contribution is -2.39. The Bertz CT molecular complexity index is 687. The molecule has 2 amide bonds. The third-order valence-electron chi connectivity index (χ3n) is 5.05. The van der Waals surface area contributed by atoms with Gasteiger partial charge in [-0.25, -0.2) is 4.99 Å². The first-order valence-corrected chi connectivity index (χ1v) is 11.3. The number of likely N-dealkylation sites (tertiary alicyclic amines) is 1. The third kappa shape index (κ3) is 8.84. The lowest BCUT2D eigenvalue weighted by molar-refractivity contribution is -0.130. The van der Waals surface area contributed by atoms with E-state index in [-0.39, 0.29) is 5.91 Å². The summed E-state index contributed by atoms with van der Waals surface area (Å²) in [6.07, 6.45) is 6.27. The summed E-state index contributed by atoms with van der Waals surface area (Å²) in [6.45, 7) is 7.85. The molecule has 1 heterocycles. The predicted octanol–water partition coefficient (Wildman–Crippen LogP) is 3.27. The van der Waals surface area contributed by atoms with E-state index in [9.17, 15) is 9.59 Å². The molecule has 1 aliphatic rings. The molecule has 0 radical (unpaired) electrons. The SMILES string of the molecule is CCCC(=O)Nc1ccc(CN=C(NCC)NCCCN2CCCCCC2=O)cc1. The highest BCUT2D eigenvalue weighted by Crippen LogP contribution is 2.12. The smallest absolute Gasteiger partial charge is 0.224 e. The number of amides is 2. The van der Waals surface area contributed by atoms with Crippen molar-refractivity contribution in [2.75, 3.05) is 31.5 Å². The maximum absolute atomic E-state index is 12.1. The second kappa shape index (κ2) is 13.6. The second-order valence-corrected chi connectivity index (χ2v) is 7.66. The van der Waals surface area contributed by atoms with Gasteiger partial charge in [0.05, 0.1) is 6.54 Å². The largest absolute Gasteiger partial charge is 0.357 e. The van der Waals surface area contributed by atoms with Crippen molar-refractivity contribution in [3.05, 3.63) is 29.8 Å². The fraction of sp³-hybridized carbons (Fsp3) is 0.609. The predicted molar refractivity (Wildman–Crippen MR) is 122 cm³/mol. The van der Waals surface area contributed by atoms with Crippen LogP contribution in [0.5, 0.6) is 0 Å². The van der Waals surface area contributed by atoms with Crippen LogP contribution in [-0.2, 0) is 16.1 Å². The highest BCUT2D eigenvalue weighted by atomic mass is 16.2. The molecule has 0 unspecified atom stereocenters. The molecule has 1 saturated heterocycles. The summed E-state index contributed by atoms with van der Waals surface area (Å²) in [5.74, 6) is 1.12. The molecule has 0 aliphatic carbocycles. The van der Waals surface area contributed by atoms with Crippen LogP contribution in [0.15, 0.2) is 29.3 Å². The lowest BCUT2D eigenvalue weighted by atomic mass is 10.2. The van der Waals surface area contributed by atoms with Gasteiger partial charge >= 0.3 is 0 Å². The molecule has 0 bridgehead atoms. The van der Waals surface area contributed by atoms with E-state index in [1.165, 1.54) is 0 Å². The van der Waals surface area contributed by atoms with Crippen molar-refractivity contribution in [2.24, 2.45) is 4.99 Å². The highest BCUT2D eigenvalue weighted by Gasteiger charge is 2.15. The molecule has 1 aliphatic heterocycles. The maximum atomic E-state index is 12.1. The summed E-state index contributed by atoms with van der Waals surface area (Å²) in [5, 5.41) is 9.52. The average Bonchev–Trinajstić information content (AvgIpc) is 2.94. The molecule has 2 rings (SSSR count). The fourth-order valence-corrected chi connectivity index (χ4v) is 3.41. The second-order valence-electron chi connectivity index (χ2n) is 7.66. The normalized spacial score (nSPS) is 14.9. The van der Waals surface area contributed by atoms with Crippen LogP contribution in [0.2, 0.25) is 0 Å². The molecule has 7 heteroatoms. The zero-order valence-electron chi connectivity index (χ0n) is 18.5. The Hall–Kier alpha value is -2.57. The van der Waals surface area contributed by atoms with Gasteiger partial charge < -0.3 is 20.9 Å². The van der Waals surface area contributed by atoms with Gasteiger partial charge in [0, 0.05) is 44.7 Å². The molecular formula is C23H37N5O2. The van der Waals surface area contributed by atoms with Crippen molar-refractivity contribution in [1.29, 1.82) is 0 Å². The van der Waals surface area contributed by atoms with Crippen LogP contribution < -0.4 is 16.0 Å². The maximum Gasteiger partial charge on any atom is 0.224 e. The first-order chi connectivity index (χ1) is 14.6. The van der Waals surface area contributed by atoms with Crippen LogP contribution in [0.4, 0.5) is 5.69 Å². The molecule has 166 valence electrons. The molecule has 1 aromatic carbocycles. The number of hydrogen-bond acceptors (Lipinski definition) is 3. The van der Waals surface area contributed by atoms with Crippen molar-refractivity contribution in [3.63, 3.8) is 0 Å². The van der Waals surface area contributed by atoms with Crippen LogP contribution in [0.1, 0.15) is 64.4 Å². The topological polar surface area (TPSA) is 85.8 Å². The van der Waals surface area contributed by atoms with Gasteiger partial charge in [0.15, 0.2) is 5.96 Å². The molecule has 0 spiro atoms. The Kier molecular flexibility index (Phi) is 10.8. The molecule has 1 aromatic rings. The van der Waals surface area contributed by atoms with Crippen LogP contribution >= 0.6 is 0 Å². The lowest BCUT2D eigenvalue weighted by Gasteiger charge is -2.20. The van der Waals surface area contributed by atoms with E-state index in [1.54, 1.807) is 0 Å². The molecule has 3 N–H and O–H groups in total. The van der Waals surface area contributed by atoms with Gasteiger partial charge in [-0.1, -0.05) is 25.5 Å². The number of nitrogens with zero attached hydrogens (tertiary/aromatic N) is 2. The zero-order valence-corrected chi connectivity index (χ0v) is 18.5. The Balaban J connectivity index is 1.77. The summed E-state index contributed by atoms with van der Waals surface area (Å²) >= 11 is 0. The van der Waals surface area contributed by atoms with Gasteiger partial charge in [0.2, 0.25) is 11.8 Å². The van der Waals surface area contributed by atoms with Gasteiger partial charge in [-0.05, 0) is 50.3 Å². The van der Waals surface area contributed by atoms with E-state index in [0.29, 0.717) is 25.3 Å². The summed E-state index contributed by atoms with van der Waals surface area (Å²) in [5.41, 5.74) is 1.89. The monoisotopic (exact) mass is 415 g/mol. The molecule has 30 heavy (non-hydrogen) atoms. The third-order valence-corrected chi connectivity index (χ3v) is 5.05. The number of anilines is 1. The first kappa shape index (κ1) is 23.7. The number of hydrogen-bond donors (Lipinski definition) is 3. The Morgan fingerprint density at radius 3 is 2.63 bits per heavy atom. The van der Waals surface area contributed by atoms with Crippen molar-refractivity contribution in [3.8, 4) is 0 Å². The van der Waals surface area contributed by atoms with Gasteiger partial charge in [0.25, 0.3) is 0 Å². The van der Waals surface area contributed by atoms with Crippen LogP contribution in [-0.4, -0.2) is 48.9 Å². The summed E-state index contributed by atoms with van der Waals surface area (Å²) in [6, 6.07) is 7.80. The minimum Gasteiger partial charge on any atom is -0.357 e. The minimum absolute atomic E-state index is 0.0452. The van der Waals surface area contributed by atoms with Crippen LogP contribution in [0, 0.1) is 0 Å². The van der Waals surface area contributed by atoms with Crippen LogP contribution in [0.3, 0.4) is 0 Å². The van der Waals surface area contributed by atoms with E-state index < -0.39 is 0 Å². The molecule has 7 nitrogen and oxygen atoms in total. The van der Waals surface area contributed by atoms with Gasteiger partial charge in [0.1, 0.15) is 0 Å². The van der Waals surface area contributed by atoms with E-state index in [2.05, 4.69) is 20.9 Å². The fourth-order valence-electron chi connectivity index (χ4n) is 3.41. The summed E-state index contributed by atoms with van der Waals surface area (Å²) < 4.78 is 0. The quantitative estimate of drug-likeness (QED) is 0.311.